The predicted molar refractivity (Wildman–Crippen MR) is 162 cm³/mol. The topological polar surface area (TPSA) is 122 Å². The lowest BCUT2D eigenvalue weighted by atomic mass is 10.2. The molecular formula is C30H61NO12. The first kappa shape index (κ1) is 42.0. The lowest BCUT2D eigenvalue weighted by Gasteiger charge is -2.10. The van der Waals surface area contributed by atoms with Crippen LogP contribution in [-0.2, 0) is 56.9 Å². The van der Waals surface area contributed by atoms with Gasteiger partial charge in [0, 0.05) is 13.0 Å². The van der Waals surface area contributed by atoms with Crippen LogP contribution in [0.15, 0.2) is 0 Å². The third-order valence-electron chi connectivity index (χ3n) is 5.51. The smallest absolute Gasteiger partial charge is 0.305 e. The monoisotopic (exact) mass is 627 g/mol. The highest BCUT2D eigenvalue weighted by Gasteiger charge is 2.02. The summed E-state index contributed by atoms with van der Waals surface area (Å²) in [5, 5.41) is 0. The standard InChI is InChI=1S/C30H61NO12/c1-4-5-6-7-30(32)43-29-28-42-27-26-41-25-24-40-23-22-39-21-20-38-19-18-37-17-16-36-15-14-35-13-12-34-11-10-33-9-8-31(2)3/h4-29H2,1-3H3. The second-order valence-corrected chi connectivity index (χ2v) is 9.60. The first-order valence-corrected chi connectivity index (χ1v) is 15.7. The number of nitrogens with zero attached hydrogens (tertiary/aromatic N) is 1. The Hall–Kier alpha value is -0.970. The number of rotatable bonds is 37. The number of ether oxygens (including phenoxy) is 11. The molecule has 0 unspecified atom stereocenters. The van der Waals surface area contributed by atoms with Gasteiger partial charge in [-0.15, -0.1) is 0 Å². The van der Waals surface area contributed by atoms with E-state index >= 15 is 0 Å². The summed E-state index contributed by atoms with van der Waals surface area (Å²) in [6.45, 7) is 13.7. The van der Waals surface area contributed by atoms with E-state index < -0.39 is 0 Å². The summed E-state index contributed by atoms with van der Waals surface area (Å²) < 4.78 is 59.6. The lowest BCUT2D eigenvalue weighted by Crippen LogP contribution is -2.19. The third kappa shape index (κ3) is 39.0. The zero-order valence-corrected chi connectivity index (χ0v) is 27.2. The fraction of sp³-hybridized carbons (Fsp3) is 0.967. The molecule has 0 spiro atoms. The molecule has 0 saturated heterocycles. The Labute approximate surface area is 259 Å². The van der Waals surface area contributed by atoms with Gasteiger partial charge < -0.3 is 57.0 Å². The van der Waals surface area contributed by atoms with Crippen molar-refractivity contribution in [1.82, 2.24) is 4.90 Å². The fourth-order valence-electron chi connectivity index (χ4n) is 3.13. The molecule has 0 rings (SSSR count). The van der Waals surface area contributed by atoms with E-state index in [0.29, 0.717) is 139 Å². The van der Waals surface area contributed by atoms with Crippen molar-refractivity contribution in [3.63, 3.8) is 0 Å². The molecule has 0 aromatic carbocycles. The van der Waals surface area contributed by atoms with Crippen LogP contribution in [0.5, 0.6) is 0 Å². The van der Waals surface area contributed by atoms with E-state index in [-0.39, 0.29) is 12.6 Å². The van der Waals surface area contributed by atoms with E-state index in [9.17, 15) is 4.79 Å². The summed E-state index contributed by atoms with van der Waals surface area (Å²) >= 11 is 0. The zero-order valence-electron chi connectivity index (χ0n) is 27.2. The van der Waals surface area contributed by atoms with Crippen molar-refractivity contribution in [2.75, 3.05) is 159 Å². The van der Waals surface area contributed by atoms with Crippen molar-refractivity contribution >= 4 is 5.97 Å². The highest BCUT2D eigenvalue weighted by molar-refractivity contribution is 5.69. The van der Waals surface area contributed by atoms with Crippen LogP contribution in [0.3, 0.4) is 0 Å². The summed E-state index contributed by atoms with van der Waals surface area (Å²) in [4.78, 5) is 13.5. The predicted octanol–water partition coefficient (Wildman–Crippen LogP) is 1.84. The molecule has 0 aromatic heterocycles. The van der Waals surface area contributed by atoms with Gasteiger partial charge in [0.15, 0.2) is 0 Å². The molecule has 0 radical (unpaired) electrons. The van der Waals surface area contributed by atoms with Gasteiger partial charge >= 0.3 is 5.97 Å². The van der Waals surface area contributed by atoms with Crippen LogP contribution in [0.2, 0.25) is 0 Å². The molecule has 0 aliphatic rings. The van der Waals surface area contributed by atoms with Gasteiger partial charge in [0.1, 0.15) is 6.61 Å². The summed E-state index contributed by atoms with van der Waals surface area (Å²) in [5.74, 6) is -0.158. The Morgan fingerprint density at radius 1 is 0.419 bits per heavy atom. The molecular weight excluding hydrogens is 566 g/mol. The van der Waals surface area contributed by atoms with Gasteiger partial charge in [-0.25, -0.2) is 0 Å². The van der Waals surface area contributed by atoms with Crippen LogP contribution in [0.4, 0.5) is 0 Å². The second kappa shape index (κ2) is 37.2. The average Bonchev–Trinajstić information content (AvgIpc) is 2.99. The number of hydrogen-bond donors (Lipinski definition) is 0. The minimum absolute atomic E-state index is 0.158. The van der Waals surface area contributed by atoms with Crippen molar-refractivity contribution in [3.05, 3.63) is 0 Å². The molecule has 0 heterocycles. The summed E-state index contributed by atoms with van der Waals surface area (Å²) in [7, 11) is 4.04. The summed E-state index contributed by atoms with van der Waals surface area (Å²) in [5.41, 5.74) is 0. The van der Waals surface area contributed by atoms with Gasteiger partial charge in [-0.2, -0.15) is 0 Å². The Kier molecular flexibility index (Phi) is 36.4. The van der Waals surface area contributed by atoms with E-state index in [2.05, 4.69) is 11.8 Å². The van der Waals surface area contributed by atoms with Crippen molar-refractivity contribution < 1.29 is 56.9 Å². The molecule has 43 heavy (non-hydrogen) atoms. The maximum atomic E-state index is 11.4. The summed E-state index contributed by atoms with van der Waals surface area (Å²) in [6.07, 6.45) is 3.50. The van der Waals surface area contributed by atoms with Crippen molar-refractivity contribution in [3.8, 4) is 0 Å². The van der Waals surface area contributed by atoms with Crippen LogP contribution < -0.4 is 0 Å². The highest BCUT2D eigenvalue weighted by atomic mass is 16.6. The maximum Gasteiger partial charge on any atom is 0.305 e. The van der Waals surface area contributed by atoms with E-state index in [4.69, 9.17) is 52.1 Å². The van der Waals surface area contributed by atoms with Crippen molar-refractivity contribution in [2.24, 2.45) is 0 Å². The average molecular weight is 628 g/mol. The number of carbonyl (C=O) groups excluding carboxylic acids is 1. The number of hydrogen-bond acceptors (Lipinski definition) is 13. The Balaban J connectivity index is 3.07. The van der Waals surface area contributed by atoms with Gasteiger partial charge in [0.2, 0.25) is 0 Å². The second-order valence-electron chi connectivity index (χ2n) is 9.60. The van der Waals surface area contributed by atoms with Crippen LogP contribution >= 0.6 is 0 Å². The fourth-order valence-corrected chi connectivity index (χ4v) is 3.13. The Morgan fingerprint density at radius 2 is 0.698 bits per heavy atom. The number of likely N-dealkylation sites (N-methyl/N-ethyl adjacent to an activating group) is 1. The molecule has 0 atom stereocenters. The molecule has 0 aliphatic carbocycles. The molecule has 13 heteroatoms. The zero-order chi connectivity index (χ0) is 31.3. The van der Waals surface area contributed by atoms with Gasteiger partial charge in [-0.1, -0.05) is 19.8 Å². The first-order chi connectivity index (χ1) is 21.2. The molecule has 0 saturated carbocycles. The molecule has 0 aromatic rings. The number of carbonyl (C=O) groups is 1. The lowest BCUT2D eigenvalue weighted by molar-refractivity contribution is -0.145. The first-order valence-electron chi connectivity index (χ1n) is 15.7. The normalized spacial score (nSPS) is 11.5. The quantitative estimate of drug-likeness (QED) is 0.0736. The van der Waals surface area contributed by atoms with Crippen molar-refractivity contribution in [2.45, 2.75) is 32.6 Å². The van der Waals surface area contributed by atoms with Crippen LogP contribution in [-0.4, -0.2) is 170 Å². The Morgan fingerprint density at radius 3 is 0.977 bits per heavy atom. The maximum absolute atomic E-state index is 11.4. The SMILES string of the molecule is CCCCCC(=O)OCCOCCOCCOCCOCCOCCOCCOCCOCCOCCOCCN(C)C. The van der Waals surface area contributed by atoms with Crippen LogP contribution in [0.25, 0.3) is 0 Å². The van der Waals surface area contributed by atoms with Gasteiger partial charge in [-0.05, 0) is 20.5 Å². The molecule has 0 aliphatic heterocycles. The highest BCUT2D eigenvalue weighted by Crippen LogP contribution is 2.00. The Bertz CT molecular complexity index is 545. The molecule has 258 valence electrons. The molecule has 0 fully saturated rings. The van der Waals surface area contributed by atoms with E-state index in [1.807, 2.05) is 14.1 Å². The minimum atomic E-state index is -0.158. The largest absolute Gasteiger partial charge is 0.463 e. The molecule has 0 bridgehead atoms. The van der Waals surface area contributed by atoms with Crippen molar-refractivity contribution in [1.29, 1.82) is 0 Å². The molecule has 0 N–H and O–H groups in total. The van der Waals surface area contributed by atoms with Gasteiger partial charge in [0.05, 0.1) is 132 Å². The third-order valence-corrected chi connectivity index (χ3v) is 5.51. The van der Waals surface area contributed by atoms with E-state index in [1.54, 1.807) is 0 Å². The number of esters is 1. The van der Waals surface area contributed by atoms with Gasteiger partial charge in [0.25, 0.3) is 0 Å². The van der Waals surface area contributed by atoms with E-state index in [0.717, 1.165) is 25.8 Å². The number of unbranched alkanes of at least 4 members (excludes halogenated alkanes) is 2. The molecule has 13 nitrogen and oxygen atoms in total. The van der Waals surface area contributed by atoms with Crippen LogP contribution in [0.1, 0.15) is 32.6 Å². The van der Waals surface area contributed by atoms with E-state index in [1.165, 1.54) is 0 Å². The minimum Gasteiger partial charge on any atom is -0.463 e. The van der Waals surface area contributed by atoms with Crippen LogP contribution in [0, 0.1) is 0 Å². The summed E-state index contributed by atoms with van der Waals surface area (Å²) in [6, 6.07) is 0. The van der Waals surface area contributed by atoms with Gasteiger partial charge in [-0.3, -0.25) is 4.79 Å². The molecule has 0 amide bonds.